The number of hydrogen-bond acceptors (Lipinski definition) is 6. The first-order valence-electron chi connectivity index (χ1n) is 12.7. The van der Waals surface area contributed by atoms with Crippen LogP contribution in [0.5, 0.6) is 0 Å². The molecule has 206 valence electrons. The molecular weight excluding hydrogens is 490 g/mol. The highest BCUT2D eigenvalue weighted by molar-refractivity contribution is 5.89. The van der Waals surface area contributed by atoms with Gasteiger partial charge in [-0.15, -0.1) is 0 Å². The quantitative estimate of drug-likeness (QED) is 0.256. The maximum atomic E-state index is 12.9. The molecule has 38 heavy (non-hydrogen) atoms. The predicted octanol–water partition coefficient (Wildman–Crippen LogP) is 3.99. The Hall–Kier alpha value is -4.08. The zero-order valence-electron chi connectivity index (χ0n) is 21.9. The van der Waals surface area contributed by atoms with Crippen LogP contribution in [-0.2, 0) is 32.3 Å². The Kier molecular flexibility index (Phi) is 13.2. The largest absolute Gasteiger partial charge is 0.480 e. The van der Waals surface area contributed by atoms with Gasteiger partial charge in [-0.2, -0.15) is 0 Å². The molecule has 0 heterocycles. The number of hydrogen-bond donors (Lipinski definition) is 4. The number of benzene rings is 2. The van der Waals surface area contributed by atoms with Crippen molar-refractivity contribution in [2.75, 3.05) is 6.54 Å². The van der Waals surface area contributed by atoms with Crippen LogP contribution in [0.15, 0.2) is 60.7 Å². The van der Waals surface area contributed by atoms with Crippen LogP contribution >= 0.6 is 0 Å². The van der Waals surface area contributed by atoms with Gasteiger partial charge in [0.05, 0.1) is 0 Å². The molecule has 3 amide bonds. The highest BCUT2D eigenvalue weighted by atomic mass is 16.6. The lowest BCUT2D eigenvalue weighted by Gasteiger charge is -2.24. The van der Waals surface area contributed by atoms with Gasteiger partial charge in [0.2, 0.25) is 5.91 Å². The Morgan fingerprint density at radius 1 is 0.816 bits per heavy atom. The fraction of sp³-hybridized carbons (Fsp3) is 0.429. The zero-order chi connectivity index (χ0) is 27.8. The Bertz CT molecular complexity index is 1020. The van der Waals surface area contributed by atoms with Gasteiger partial charge < -0.3 is 30.5 Å². The molecule has 0 aliphatic carbocycles. The summed E-state index contributed by atoms with van der Waals surface area (Å²) in [5, 5.41) is 17.3. The van der Waals surface area contributed by atoms with Crippen molar-refractivity contribution in [3.05, 3.63) is 71.8 Å². The number of carbonyl (C=O) groups is 4. The number of carboxylic acid groups (broad SMARTS) is 1. The number of ether oxygens (including phenoxy) is 2. The molecule has 2 aromatic rings. The molecule has 0 fully saturated rings. The van der Waals surface area contributed by atoms with Gasteiger partial charge in [0, 0.05) is 6.54 Å². The molecule has 0 bridgehead atoms. The van der Waals surface area contributed by atoms with Crippen LogP contribution < -0.4 is 16.0 Å². The minimum atomic E-state index is -1.14. The number of nitrogens with one attached hydrogen (secondary N) is 3. The maximum absolute atomic E-state index is 12.9. The van der Waals surface area contributed by atoms with Crippen LogP contribution in [0.4, 0.5) is 9.59 Å². The first-order valence-corrected chi connectivity index (χ1v) is 12.7. The van der Waals surface area contributed by atoms with Gasteiger partial charge in [0.25, 0.3) is 0 Å². The normalized spacial score (nSPS) is 12.9. The molecule has 10 heteroatoms. The van der Waals surface area contributed by atoms with Gasteiger partial charge in [0.1, 0.15) is 25.3 Å². The summed E-state index contributed by atoms with van der Waals surface area (Å²) in [4.78, 5) is 48.9. The molecule has 10 nitrogen and oxygen atoms in total. The van der Waals surface area contributed by atoms with E-state index in [1.807, 2.05) is 55.5 Å². The van der Waals surface area contributed by atoms with E-state index in [1.54, 1.807) is 19.1 Å². The van der Waals surface area contributed by atoms with Gasteiger partial charge in [0.15, 0.2) is 0 Å². The van der Waals surface area contributed by atoms with Crippen LogP contribution in [0.3, 0.4) is 0 Å². The zero-order valence-corrected chi connectivity index (χ0v) is 21.9. The molecule has 0 aromatic heterocycles. The van der Waals surface area contributed by atoms with Crippen molar-refractivity contribution in [3.63, 3.8) is 0 Å². The predicted molar refractivity (Wildman–Crippen MR) is 141 cm³/mol. The van der Waals surface area contributed by atoms with Gasteiger partial charge in [-0.3, -0.25) is 4.79 Å². The van der Waals surface area contributed by atoms with E-state index in [0.29, 0.717) is 25.8 Å². The first-order chi connectivity index (χ1) is 18.3. The van der Waals surface area contributed by atoms with Crippen LogP contribution in [0.25, 0.3) is 0 Å². The third kappa shape index (κ3) is 11.3. The maximum Gasteiger partial charge on any atom is 0.408 e. The SMILES string of the molecule is CC[C@H](C)[C@H](NC(=O)[C@@H](CCCCNC(=O)OCc1ccccc1)NC(=O)OCc1ccccc1)C(=O)O. The van der Waals surface area contributed by atoms with Crippen molar-refractivity contribution in [1.82, 2.24) is 16.0 Å². The van der Waals surface area contributed by atoms with E-state index >= 15 is 0 Å². The van der Waals surface area contributed by atoms with Crippen LogP contribution in [0.2, 0.25) is 0 Å². The Morgan fingerprint density at radius 2 is 1.37 bits per heavy atom. The number of carbonyl (C=O) groups excluding carboxylic acids is 3. The summed E-state index contributed by atoms with van der Waals surface area (Å²) in [7, 11) is 0. The van der Waals surface area contributed by atoms with Crippen molar-refractivity contribution in [3.8, 4) is 0 Å². The number of aliphatic carboxylic acids is 1. The molecular formula is C28H37N3O7. The summed E-state index contributed by atoms with van der Waals surface area (Å²) in [5.74, 6) is -2.05. The second-order valence-corrected chi connectivity index (χ2v) is 8.95. The van der Waals surface area contributed by atoms with E-state index in [1.165, 1.54) is 0 Å². The van der Waals surface area contributed by atoms with E-state index in [9.17, 15) is 24.3 Å². The van der Waals surface area contributed by atoms with Crippen molar-refractivity contribution >= 4 is 24.1 Å². The minimum absolute atomic E-state index is 0.0284. The summed E-state index contributed by atoms with van der Waals surface area (Å²) in [6.45, 7) is 4.07. The van der Waals surface area contributed by atoms with Crippen molar-refractivity contribution < 1.29 is 33.8 Å². The molecule has 0 aliphatic rings. The smallest absolute Gasteiger partial charge is 0.408 e. The molecule has 4 N–H and O–H groups in total. The molecule has 2 aromatic carbocycles. The first kappa shape index (κ1) is 30.1. The highest BCUT2D eigenvalue weighted by Gasteiger charge is 2.29. The third-order valence-corrected chi connectivity index (χ3v) is 6.00. The number of amides is 3. The van der Waals surface area contributed by atoms with Crippen LogP contribution in [0.1, 0.15) is 50.7 Å². The fourth-order valence-corrected chi connectivity index (χ4v) is 3.55. The summed E-state index contributed by atoms with van der Waals surface area (Å²) in [6, 6.07) is 16.3. The lowest BCUT2D eigenvalue weighted by Crippen LogP contribution is -2.53. The van der Waals surface area contributed by atoms with Crippen molar-refractivity contribution in [1.29, 1.82) is 0 Å². The number of rotatable bonds is 15. The van der Waals surface area contributed by atoms with E-state index in [4.69, 9.17) is 9.47 Å². The van der Waals surface area contributed by atoms with Crippen LogP contribution in [0, 0.1) is 5.92 Å². The van der Waals surface area contributed by atoms with Crippen molar-refractivity contribution in [2.24, 2.45) is 5.92 Å². The summed E-state index contributed by atoms with van der Waals surface area (Å²) < 4.78 is 10.4. The minimum Gasteiger partial charge on any atom is -0.480 e. The van der Waals surface area contributed by atoms with E-state index < -0.39 is 36.1 Å². The standard InChI is InChI=1S/C28H37N3O7/c1-3-20(2)24(26(33)34)31-25(32)23(30-28(36)38-19-22-14-8-5-9-15-22)16-10-11-17-29-27(35)37-18-21-12-6-4-7-13-21/h4-9,12-15,20,23-24H,3,10-11,16-19H2,1-2H3,(H,29,35)(H,30,36)(H,31,32)(H,33,34)/t20-,23+,24-/m0/s1. The van der Waals surface area contributed by atoms with Gasteiger partial charge in [-0.05, 0) is 36.3 Å². The summed E-state index contributed by atoms with van der Waals surface area (Å²) >= 11 is 0. The molecule has 3 atom stereocenters. The Morgan fingerprint density at radius 3 is 1.89 bits per heavy atom. The van der Waals surface area contributed by atoms with E-state index in [2.05, 4.69) is 16.0 Å². The number of carboxylic acids is 1. The fourth-order valence-electron chi connectivity index (χ4n) is 3.55. The second-order valence-electron chi connectivity index (χ2n) is 8.95. The van der Waals surface area contributed by atoms with Crippen LogP contribution in [-0.4, -0.2) is 47.8 Å². The van der Waals surface area contributed by atoms with Crippen molar-refractivity contribution in [2.45, 2.75) is 64.8 Å². The lowest BCUT2D eigenvalue weighted by molar-refractivity contribution is -0.143. The monoisotopic (exact) mass is 527 g/mol. The second kappa shape index (κ2) is 16.6. The third-order valence-electron chi connectivity index (χ3n) is 6.00. The summed E-state index contributed by atoms with van der Waals surface area (Å²) in [6.07, 6.45) is 0.423. The molecule has 0 unspecified atom stereocenters. The molecule has 0 radical (unpaired) electrons. The molecule has 0 spiro atoms. The van der Waals surface area contributed by atoms with E-state index in [-0.39, 0.29) is 25.6 Å². The Balaban J connectivity index is 1.85. The molecule has 2 rings (SSSR count). The van der Waals surface area contributed by atoms with Gasteiger partial charge in [-0.1, -0.05) is 80.9 Å². The molecule has 0 saturated carbocycles. The van der Waals surface area contributed by atoms with Gasteiger partial charge >= 0.3 is 18.2 Å². The molecule has 0 aliphatic heterocycles. The summed E-state index contributed by atoms with van der Waals surface area (Å²) in [5.41, 5.74) is 1.66. The lowest BCUT2D eigenvalue weighted by atomic mass is 9.98. The van der Waals surface area contributed by atoms with Gasteiger partial charge in [-0.25, -0.2) is 14.4 Å². The Labute approximate surface area is 223 Å². The topological polar surface area (TPSA) is 143 Å². The highest BCUT2D eigenvalue weighted by Crippen LogP contribution is 2.10. The van der Waals surface area contributed by atoms with E-state index in [0.717, 1.165) is 11.1 Å². The average Bonchev–Trinajstić information content (AvgIpc) is 2.93. The number of alkyl carbamates (subject to hydrolysis) is 2. The average molecular weight is 528 g/mol. The molecule has 0 saturated heterocycles. The number of unbranched alkanes of at least 4 members (excludes halogenated alkanes) is 1.